The molecule has 0 aliphatic heterocycles. The molecule has 0 saturated carbocycles. The molecule has 15 rings (SSSR count). The first-order valence-electron chi connectivity index (χ1n) is 42.6. The molecule has 0 amide bonds. The Bertz CT molecular complexity index is 6710. The molecule has 4 atom stereocenters. The molecule has 0 radical (unpaired) electrons. The standard InChI is InChI=1S/C28H27BrClNO3S.C26H23BrClNO3S.C26H25BrClNO2S.C25H29BrClNO3S/c1-6-33-27(32)24(34-28(3,4)5)22-16(2)14-21-25(23(22)17-10-12-20(30)13-11-17)35-26(31-21)18-8-7-9-19(29)15-18;1-14-12-19-23(33-24(29-19)16-6-5-7-17(27)13-16)21(15-8-10-18(28)11-9-15)20(14)22(25(30)31)32-26(2,3)4;1-15-12-20-24(32-25(29-20)17-6-5-7-18(27)13-17)23(16-8-10-19(28)11-9-16)22(15)21(14-30)31-26(2,3)4;1-14-12-17-21(32-23(26)28-17)20(15-8-10-16(27)11-9-15)19(14)18(31-25(5,6)7)13-30-22(29)24(2,3)4/h7-15,24H,6H2,1-5H3;5-13,22H,1-4H3,(H,30,31);5-13,21,30H,14H2,1-4H3;8-12,18H,13H2,1-7H3/t24-;22-;21-;18-/m0011/s1. The van der Waals surface area contributed by atoms with Gasteiger partial charge in [-0.15, -0.1) is 45.3 Å². The second kappa shape index (κ2) is 43.3. The number of esters is 2. The first-order valence-corrected chi connectivity index (χ1v) is 50.6. The van der Waals surface area contributed by atoms with Gasteiger partial charge in [-0.3, -0.25) is 4.79 Å². The van der Waals surface area contributed by atoms with Crippen LogP contribution in [0.15, 0.2) is 211 Å². The molecule has 0 bridgehead atoms. The van der Waals surface area contributed by atoms with Crippen molar-refractivity contribution >= 4 is 214 Å². The van der Waals surface area contributed by atoms with Crippen LogP contribution in [-0.2, 0) is 42.8 Å². The average molecular weight is 2190 g/mol. The molecule has 0 spiro atoms. The van der Waals surface area contributed by atoms with Crippen LogP contribution in [0.2, 0.25) is 20.1 Å². The third-order valence-corrected chi connectivity index (χ3v) is 27.8. The second-order valence-electron chi connectivity index (χ2n) is 36.7. The minimum absolute atomic E-state index is 0.110. The van der Waals surface area contributed by atoms with Crippen LogP contribution in [0.3, 0.4) is 0 Å². The van der Waals surface area contributed by atoms with Crippen LogP contribution in [0.5, 0.6) is 0 Å². The van der Waals surface area contributed by atoms with Crippen molar-refractivity contribution in [3.8, 4) is 76.2 Å². The van der Waals surface area contributed by atoms with Crippen molar-refractivity contribution in [2.24, 2.45) is 5.41 Å². The molecule has 0 unspecified atom stereocenters. The van der Waals surface area contributed by atoms with Crippen molar-refractivity contribution in [1.29, 1.82) is 0 Å². The van der Waals surface area contributed by atoms with Crippen LogP contribution in [0.4, 0.5) is 0 Å². The van der Waals surface area contributed by atoms with E-state index in [4.69, 9.17) is 89.8 Å². The number of rotatable bonds is 21. The lowest BCUT2D eigenvalue weighted by atomic mass is 9.91. The van der Waals surface area contributed by atoms with E-state index in [1.54, 1.807) is 52.3 Å². The Balaban J connectivity index is 0.000000159. The predicted octanol–water partition coefficient (Wildman–Crippen LogP) is 33.4. The van der Waals surface area contributed by atoms with Gasteiger partial charge in [-0.1, -0.05) is 179 Å². The number of carbonyl (C=O) groups excluding carboxylic acids is 2. The lowest BCUT2D eigenvalue weighted by Crippen LogP contribution is -2.30. The number of aliphatic hydroxyl groups excluding tert-OH is 1. The largest absolute Gasteiger partial charge is 0.479 e. The molecule has 0 aliphatic rings. The highest BCUT2D eigenvalue weighted by atomic mass is 79.9. The molecular formula is C105H104Br4Cl4N4O11S4. The number of aromatic nitrogens is 4. The number of aliphatic hydroxyl groups is 1. The minimum atomic E-state index is -1.13. The van der Waals surface area contributed by atoms with Gasteiger partial charge in [0.1, 0.15) is 33.8 Å². The molecule has 0 fully saturated rings. The molecule has 690 valence electrons. The van der Waals surface area contributed by atoms with E-state index in [1.165, 1.54) is 0 Å². The van der Waals surface area contributed by atoms with E-state index in [-0.39, 0.29) is 25.8 Å². The molecule has 2 N–H and O–H groups in total. The number of carboxylic acid groups (broad SMARTS) is 1. The number of thiazole rings is 4. The van der Waals surface area contributed by atoms with Gasteiger partial charge in [0, 0.05) is 83.6 Å². The summed E-state index contributed by atoms with van der Waals surface area (Å²) in [6.07, 6.45) is -2.92. The maximum Gasteiger partial charge on any atom is 0.339 e. The fourth-order valence-corrected chi connectivity index (χ4v) is 21.7. The van der Waals surface area contributed by atoms with Crippen LogP contribution >= 0.6 is 155 Å². The first kappa shape index (κ1) is 103. The SMILES string of the molecule is CCOC(=O)[C@@H](OC(C)(C)C)c1c(C)cc2nc(-c3cccc(Br)c3)sc2c1-c1ccc(Cl)cc1.Cc1cc2nc(-c3cccc(Br)c3)sc2c(-c2ccc(Cl)cc2)c1[C@@H](CO)OC(C)(C)C.Cc1cc2nc(-c3cccc(Br)c3)sc2c(-c2ccc(Cl)cc2)c1[C@H](OC(C)(C)C)C(=O)O.Cc1cc2nc(Br)sc2c(-c2ccc(Cl)cc2)c1[C@@H](COC(=O)C(C)(C)C)OC(C)(C)C. The zero-order valence-corrected chi connectivity index (χ0v) is 89.6. The van der Waals surface area contributed by atoms with Gasteiger partial charge in [0.05, 0.1) is 81.9 Å². The van der Waals surface area contributed by atoms with Crippen LogP contribution in [-0.4, -0.2) is 90.3 Å². The molecule has 0 aliphatic carbocycles. The number of ether oxygens (including phenoxy) is 6. The van der Waals surface area contributed by atoms with Gasteiger partial charge in [0.25, 0.3) is 0 Å². The van der Waals surface area contributed by atoms with E-state index in [2.05, 4.69) is 106 Å². The summed E-state index contributed by atoms with van der Waals surface area (Å²) in [6, 6.07) is 63.1. The Hall–Kier alpha value is -7.73. The number of halogens is 8. The summed E-state index contributed by atoms with van der Waals surface area (Å²) < 4.78 is 44.2. The van der Waals surface area contributed by atoms with Gasteiger partial charge in [0.2, 0.25) is 0 Å². The number of hydrogen-bond acceptors (Lipinski definition) is 18. The summed E-state index contributed by atoms with van der Waals surface area (Å²) in [7, 11) is 0. The number of fused-ring (bicyclic) bond motifs is 4. The molecule has 27 heteroatoms. The maximum atomic E-state index is 13.2. The number of aliphatic carboxylic acids is 1. The van der Waals surface area contributed by atoms with Gasteiger partial charge in [-0.2, -0.15) is 0 Å². The fourth-order valence-electron chi connectivity index (χ4n) is 15.1. The number of carboxylic acids is 1. The lowest BCUT2D eigenvalue weighted by molar-refractivity contribution is -0.166. The first-order chi connectivity index (χ1) is 62.0. The number of nitrogens with zero attached hydrogens (tertiary/aromatic N) is 4. The second-order valence-corrected chi connectivity index (χ2v) is 46.4. The number of aryl methyl sites for hydroxylation is 4. The maximum absolute atomic E-state index is 13.2. The van der Waals surface area contributed by atoms with Crippen LogP contribution in [0.1, 0.15) is 180 Å². The van der Waals surface area contributed by atoms with Gasteiger partial charge in [-0.05, 0) is 319 Å². The molecule has 4 aromatic heterocycles. The monoisotopic (exact) mass is 2180 g/mol. The molecule has 15 nitrogen and oxygen atoms in total. The Labute approximate surface area is 841 Å². The minimum Gasteiger partial charge on any atom is -0.479 e. The highest BCUT2D eigenvalue weighted by molar-refractivity contribution is 9.11. The molecular weight excluding hydrogens is 2080 g/mol. The molecule has 15 aromatic rings. The number of carbonyl (C=O) groups is 3. The van der Waals surface area contributed by atoms with Crippen molar-refractivity contribution < 1.29 is 53.0 Å². The highest BCUT2D eigenvalue weighted by Crippen LogP contribution is 2.51. The van der Waals surface area contributed by atoms with Crippen molar-refractivity contribution in [3.63, 3.8) is 0 Å². The van der Waals surface area contributed by atoms with E-state index in [9.17, 15) is 24.6 Å². The van der Waals surface area contributed by atoms with Crippen LogP contribution < -0.4 is 0 Å². The third kappa shape index (κ3) is 26.1. The summed E-state index contributed by atoms with van der Waals surface area (Å²) >= 11 is 45.3. The van der Waals surface area contributed by atoms with Gasteiger partial charge >= 0.3 is 17.9 Å². The Morgan fingerprint density at radius 3 is 0.977 bits per heavy atom. The van der Waals surface area contributed by atoms with Gasteiger partial charge < -0.3 is 38.6 Å². The van der Waals surface area contributed by atoms with Crippen molar-refractivity contribution in [1.82, 2.24) is 19.9 Å². The van der Waals surface area contributed by atoms with E-state index in [0.29, 0.717) is 25.7 Å². The zero-order valence-electron chi connectivity index (χ0n) is 76.9. The summed E-state index contributed by atoms with van der Waals surface area (Å²) in [5.74, 6) is -1.69. The van der Waals surface area contributed by atoms with E-state index < -0.39 is 64.2 Å². The zero-order chi connectivity index (χ0) is 96.1. The quantitative estimate of drug-likeness (QED) is 0.0644. The van der Waals surface area contributed by atoms with Gasteiger partial charge in [-0.25, -0.2) is 29.5 Å². The van der Waals surface area contributed by atoms with Crippen LogP contribution in [0, 0.1) is 33.1 Å². The van der Waals surface area contributed by atoms with E-state index >= 15 is 0 Å². The Kier molecular flexibility index (Phi) is 33.9. The van der Waals surface area contributed by atoms with E-state index in [0.717, 1.165) is 173 Å². The Morgan fingerprint density at radius 1 is 0.371 bits per heavy atom. The van der Waals surface area contributed by atoms with Crippen molar-refractivity contribution in [2.45, 2.75) is 185 Å². The summed E-state index contributed by atoms with van der Waals surface area (Å²) in [5, 5.41) is 25.8. The Morgan fingerprint density at radius 2 is 0.667 bits per heavy atom. The highest BCUT2D eigenvalue weighted by Gasteiger charge is 2.38. The average Bonchev–Trinajstić information content (AvgIpc) is 1.55. The van der Waals surface area contributed by atoms with Gasteiger partial charge in [0.15, 0.2) is 16.1 Å². The van der Waals surface area contributed by atoms with E-state index in [1.807, 2.05) is 288 Å². The normalized spacial score (nSPS) is 12.9. The summed E-state index contributed by atoms with van der Waals surface area (Å²) in [5.41, 5.74) is 18.8. The third-order valence-electron chi connectivity index (χ3n) is 20.4. The van der Waals surface area contributed by atoms with Crippen molar-refractivity contribution in [2.75, 3.05) is 19.8 Å². The topological polar surface area (TPSA) is 199 Å². The molecule has 4 heterocycles. The molecule has 11 aromatic carbocycles. The predicted molar refractivity (Wildman–Crippen MR) is 562 cm³/mol. The lowest BCUT2D eigenvalue weighted by Gasteiger charge is -2.31. The number of benzene rings is 11. The number of hydrogen-bond donors (Lipinski definition) is 2. The smallest absolute Gasteiger partial charge is 0.339 e. The summed E-state index contributed by atoms with van der Waals surface area (Å²) in [4.78, 5) is 57.6. The fraction of sp³-hybridized carbons (Fsp3) is 0.305. The van der Waals surface area contributed by atoms with Crippen LogP contribution in [0.25, 0.3) is 117 Å². The molecule has 0 saturated heterocycles. The van der Waals surface area contributed by atoms with Crippen molar-refractivity contribution in [3.05, 3.63) is 276 Å². The summed E-state index contributed by atoms with van der Waals surface area (Å²) in [6.45, 7) is 39.0. The molecule has 132 heavy (non-hydrogen) atoms.